The number of aromatic nitrogens is 1. The largest absolute Gasteiger partial charge is 0.309 e. The van der Waals surface area contributed by atoms with Crippen molar-refractivity contribution in [3.8, 4) is 0 Å². The Labute approximate surface area is 111 Å². The summed E-state index contributed by atoms with van der Waals surface area (Å²) in [5, 5.41) is 3.53. The third kappa shape index (κ3) is 2.52. The fraction of sp³-hybridized carbons (Fsp3) is 0.214. The summed E-state index contributed by atoms with van der Waals surface area (Å²) in [7, 11) is 1.80. The van der Waals surface area contributed by atoms with Gasteiger partial charge in [-0.1, -0.05) is 17.7 Å². The van der Waals surface area contributed by atoms with Crippen LogP contribution in [0.3, 0.4) is 0 Å². The second-order valence-electron chi connectivity index (χ2n) is 4.12. The van der Waals surface area contributed by atoms with Crippen molar-refractivity contribution < 1.29 is 4.39 Å². The third-order valence-corrected chi connectivity index (χ3v) is 3.17. The maximum atomic E-state index is 14.0. The Morgan fingerprint density at radius 1 is 1.28 bits per heavy atom. The second-order valence-corrected chi connectivity index (χ2v) is 4.56. The van der Waals surface area contributed by atoms with E-state index in [4.69, 9.17) is 11.6 Å². The van der Waals surface area contributed by atoms with Gasteiger partial charge >= 0.3 is 0 Å². The molecule has 0 aliphatic heterocycles. The summed E-state index contributed by atoms with van der Waals surface area (Å²) >= 11 is 5.77. The van der Waals surface area contributed by atoms with Crippen molar-refractivity contribution in [2.45, 2.75) is 13.0 Å². The number of pyridine rings is 1. The number of halogens is 2. The van der Waals surface area contributed by atoms with Crippen LogP contribution < -0.4 is 5.32 Å². The van der Waals surface area contributed by atoms with Crippen LogP contribution in [0.25, 0.3) is 0 Å². The van der Waals surface area contributed by atoms with Gasteiger partial charge in [-0.15, -0.1) is 0 Å². The lowest BCUT2D eigenvalue weighted by Crippen LogP contribution is -2.20. The molecule has 0 aliphatic rings. The SMILES string of the molecule is CNC(c1ccncc1C)c1ccc(Cl)cc1F. The van der Waals surface area contributed by atoms with Crippen LogP contribution in [0.1, 0.15) is 22.7 Å². The van der Waals surface area contributed by atoms with Crippen LogP contribution in [0.4, 0.5) is 4.39 Å². The fourth-order valence-corrected chi connectivity index (χ4v) is 2.18. The molecule has 4 heteroatoms. The lowest BCUT2D eigenvalue weighted by Gasteiger charge is -2.19. The highest BCUT2D eigenvalue weighted by molar-refractivity contribution is 6.30. The molecule has 1 heterocycles. The molecule has 2 nitrogen and oxygen atoms in total. The summed E-state index contributed by atoms with van der Waals surface area (Å²) in [6, 6.07) is 6.42. The number of hydrogen-bond acceptors (Lipinski definition) is 2. The molecule has 1 aromatic heterocycles. The summed E-state index contributed by atoms with van der Waals surface area (Å²) in [4.78, 5) is 4.05. The van der Waals surface area contributed by atoms with Crippen LogP contribution >= 0.6 is 11.6 Å². The molecule has 1 aromatic carbocycles. The van der Waals surface area contributed by atoms with Crippen LogP contribution in [-0.2, 0) is 0 Å². The van der Waals surface area contributed by atoms with E-state index in [2.05, 4.69) is 10.3 Å². The standard InChI is InChI=1S/C14H14ClFN2/c1-9-8-18-6-5-11(9)14(17-2)12-4-3-10(15)7-13(12)16/h3-8,14,17H,1-2H3. The minimum absolute atomic E-state index is 0.203. The average molecular weight is 265 g/mol. The zero-order valence-electron chi connectivity index (χ0n) is 10.2. The Morgan fingerprint density at radius 2 is 2.06 bits per heavy atom. The fourth-order valence-electron chi connectivity index (χ4n) is 2.02. The van der Waals surface area contributed by atoms with Crippen molar-refractivity contribution in [3.05, 3.63) is 64.2 Å². The molecule has 18 heavy (non-hydrogen) atoms. The molecule has 0 bridgehead atoms. The Morgan fingerprint density at radius 3 is 2.67 bits per heavy atom. The van der Waals surface area contributed by atoms with E-state index < -0.39 is 0 Å². The minimum atomic E-state index is -0.307. The molecule has 94 valence electrons. The zero-order chi connectivity index (χ0) is 13.1. The zero-order valence-corrected chi connectivity index (χ0v) is 11.0. The van der Waals surface area contributed by atoms with Gasteiger partial charge in [0.05, 0.1) is 6.04 Å². The lowest BCUT2D eigenvalue weighted by molar-refractivity contribution is 0.575. The molecule has 0 fully saturated rings. The van der Waals surface area contributed by atoms with E-state index in [9.17, 15) is 4.39 Å². The number of hydrogen-bond donors (Lipinski definition) is 1. The minimum Gasteiger partial charge on any atom is -0.309 e. The lowest BCUT2D eigenvalue weighted by atomic mass is 9.96. The van der Waals surface area contributed by atoms with Crippen LogP contribution in [0.5, 0.6) is 0 Å². The van der Waals surface area contributed by atoms with Gasteiger partial charge in [0.2, 0.25) is 0 Å². The highest BCUT2D eigenvalue weighted by Crippen LogP contribution is 2.27. The van der Waals surface area contributed by atoms with Crippen LogP contribution in [0.2, 0.25) is 5.02 Å². The predicted octanol–water partition coefficient (Wildman–Crippen LogP) is 3.49. The molecular formula is C14H14ClFN2. The van der Waals surface area contributed by atoms with E-state index in [-0.39, 0.29) is 11.9 Å². The van der Waals surface area contributed by atoms with Gasteiger partial charge in [-0.25, -0.2) is 4.39 Å². The van der Waals surface area contributed by atoms with Crippen molar-refractivity contribution in [1.29, 1.82) is 0 Å². The Balaban J connectivity index is 2.49. The molecule has 2 aromatic rings. The van der Waals surface area contributed by atoms with E-state index in [1.54, 1.807) is 31.6 Å². The Kier molecular flexibility index (Phi) is 3.94. The van der Waals surface area contributed by atoms with Gasteiger partial charge in [-0.05, 0) is 43.3 Å². The normalized spacial score (nSPS) is 12.4. The maximum Gasteiger partial charge on any atom is 0.129 e. The van der Waals surface area contributed by atoms with Gasteiger partial charge in [-0.2, -0.15) is 0 Å². The molecule has 0 aliphatic carbocycles. The smallest absolute Gasteiger partial charge is 0.129 e. The molecule has 1 atom stereocenters. The predicted molar refractivity (Wildman–Crippen MR) is 71.3 cm³/mol. The van der Waals surface area contributed by atoms with E-state index in [1.807, 2.05) is 13.0 Å². The Hall–Kier alpha value is -1.45. The van der Waals surface area contributed by atoms with Crippen LogP contribution in [-0.4, -0.2) is 12.0 Å². The molecule has 0 amide bonds. The molecule has 1 N–H and O–H groups in total. The van der Waals surface area contributed by atoms with Gasteiger partial charge in [-0.3, -0.25) is 4.98 Å². The van der Waals surface area contributed by atoms with Gasteiger partial charge in [0, 0.05) is 23.0 Å². The molecule has 1 unspecified atom stereocenters. The molecule has 0 saturated carbocycles. The second kappa shape index (κ2) is 5.46. The highest BCUT2D eigenvalue weighted by atomic mass is 35.5. The van der Waals surface area contributed by atoms with Crippen molar-refractivity contribution in [2.75, 3.05) is 7.05 Å². The number of rotatable bonds is 3. The number of benzene rings is 1. The van der Waals surface area contributed by atoms with Crippen molar-refractivity contribution in [1.82, 2.24) is 10.3 Å². The molecule has 0 spiro atoms. The molecular weight excluding hydrogens is 251 g/mol. The highest BCUT2D eigenvalue weighted by Gasteiger charge is 2.17. The van der Waals surface area contributed by atoms with Gasteiger partial charge in [0.1, 0.15) is 5.82 Å². The number of nitrogens with zero attached hydrogens (tertiary/aromatic N) is 1. The summed E-state index contributed by atoms with van der Waals surface area (Å²) in [5.74, 6) is -0.307. The van der Waals surface area contributed by atoms with Crippen LogP contribution in [0, 0.1) is 12.7 Å². The van der Waals surface area contributed by atoms with E-state index in [1.165, 1.54) is 6.07 Å². The number of aryl methyl sites for hydroxylation is 1. The average Bonchev–Trinajstić information content (AvgIpc) is 2.34. The van der Waals surface area contributed by atoms with E-state index in [0.717, 1.165) is 11.1 Å². The van der Waals surface area contributed by atoms with E-state index in [0.29, 0.717) is 10.6 Å². The Bertz CT molecular complexity index is 557. The quantitative estimate of drug-likeness (QED) is 0.918. The monoisotopic (exact) mass is 264 g/mol. The number of nitrogens with one attached hydrogen (secondary N) is 1. The first kappa shape index (κ1) is 13.0. The first-order chi connectivity index (χ1) is 8.63. The molecule has 0 saturated heterocycles. The van der Waals surface area contributed by atoms with Crippen molar-refractivity contribution in [3.63, 3.8) is 0 Å². The summed E-state index contributed by atoms with van der Waals surface area (Å²) < 4.78 is 14.0. The first-order valence-corrected chi connectivity index (χ1v) is 6.04. The van der Waals surface area contributed by atoms with Crippen molar-refractivity contribution in [2.24, 2.45) is 0 Å². The topological polar surface area (TPSA) is 24.9 Å². The summed E-state index contributed by atoms with van der Waals surface area (Å²) in [6.07, 6.45) is 3.48. The van der Waals surface area contributed by atoms with Gasteiger partial charge < -0.3 is 5.32 Å². The maximum absolute atomic E-state index is 14.0. The van der Waals surface area contributed by atoms with Gasteiger partial charge in [0.15, 0.2) is 0 Å². The summed E-state index contributed by atoms with van der Waals surface area (Å²) in [5.41, 5.74) is 2.61. The van der Waals surface area contributed by atoms with Crippen molar-refractivity contribution >= 4 is 11.6 Å². The third-order valence-electron chi connectivity index (χ3n) is 2.94. The van der Waals surface area contributed by atoms with Gasteiger partial charge in [0.25, 0.3) is 0 Å². The molecule has 2 rings (SSSR count). The summed E-state index contributed by atoms with van der Waals surface area (Å²) in [6.45, 7) is 1.96. The first-order valence-electron chi connectivity index (χ1n) is 5.66. The van der Waals surface area contributed by atoms with Crippen LogP contribution in [0.15, 0.2) is 36.7 Å². The molecule has 0 radical (unpaired) electrons. The van der Waals surface area contributed by atoms with E-state index >= 15 is 0 Å².